The SMILES string of the molecule is NC(=O)c1ncc(N[C@@H]2CCCC[C@@H]2N)nc1Nc1ccc(C(=O)N2CCC2)cc1. The van der Waals surface area contributed by atoms with Gasteiger partial charge < -0.3 is 27.0 Å². The summed E-state index contributed by atoms with van der Waals surface area (Å²) < 4.78 is 0. The topological polar surface area (TPSA) is 139 Å². The van der Waals surface area contributed by atoms with E-state index in [4.69, 9.17) is 11.5 Å². The predicted molar refractivity (Wildman–Crippen MR) is 115 cm³/mol. The number of nitrogens with one attached hydrogen (secondary N) is 2. The van der Waals surface area contributed by atoms with Crippen LogP contribution in [0.4, 0.5) is 17.3 Å². The smallest absolute Gasteiger partial charge is 0.271 e. The van der Waals surface area contributed by atoms with E-state index in [1.807, 2.05) is 4.90 Å². The normalized spacial score (nSPS) is 20.9. The van der Waals surface area contributed by atoms with Crippen LogP contribution < -0.4 is 22.1 Å². The number of hydrogen-bond acceptors (Lipinski definition) is 7. The summed E-state index contributed by atoms with van der Waals surface area (Å²) in [6.07, 6.45) is 6.74. The van der Waals surface area contributed by atoms with Gasteiger partial charge in [0, 0.05) is 36.4 Å². The van der Waals surface area contributed by atoms with Gasteiger partial charge in [0.2, 0.25) is 0 Å². The van der Waals surface area contributed by atoms with Crippen LogP contribution in [0.5, 0.6) is 0 Å². The minimum atomic E-state index is -0.671. The van der Waals surface area contributed by atoms with E-state index in [1.54, 1.807) is 24.3 Å². The first-order valence-electron chi connectivity index (χ1n) is 10.4. The summed E-state index contributed by atoms with van der Waals surface area (Å²) in [6.45, 7) is 1.61. The van der Waals surface area contributed by atoms with E-state index in [9.17, 15) is 9.59 Å². The highest BCUT2D eigenvalue weighted by atomic mass is 16.2. The van der Waals surface area contributed by atoms with Crippen molar-refractivity contribution in [3.05, 3.63) is 41.7 Å². The van der Waals surface area contributed by atoms with Crippen molar-refractivity contribution in [1.29, 1.82) is 0 Å². The number of benzene rings is 1. The van der Waals surface area contributed by atoms with Crippen molar-refractivity contribution in [2.75, 3.05) is 23.7 Å². The van der Waals surface area contributed by atoms with Crippen LogP contribution in [0.2, 0.25) is 0 Å². The lowest BCUT2D eigenvalue weighted by molar-refractivity contribution is 0.0651. The molecule has 1 aliphatic heterocycles. The van der Waals surface area contributed by atoms with Crippen molar-refractivity contribution in [2.24, 2.45) is 11.5 Å². The van der Waals surface area contributed by atoms with Crippen LogP contribution in [0.1, 0.15) is 53.0 Å². The van der Waals surface area contributed by atoms with Crippen molar-refractivity contribution in [1.82, 2.24) is 14.9 Å². The number of hydrogen-bond donors (Lipinski definition) is 4. The van der Waals surface area contributed by atoms with Crippen LogP contribution >= 0.6 is 0 Å². The molecule has 6 N–H and O–H groups in total. The summed E-state index contributed by atoms with van der Waals surface area (Å²) in [7, 11) is 0. The van der Waals surface area contributed by atoms with Gasteiger partial charge in [-0.15, -0.1) is 0 Å². The third kappa shape index (κ3) is 4.35. The molecule has 0 radical (unpaired) electrons. The van der Waals surface area contributed by atoms with Gasteiger partial charge in [0.25, 0.3) is 11.8 Å². The van der Waals surface area contributed by atoms with Gasteiger partial charge in [-0.05, 0) is 43.5 Å². The Labute approximate surface area is 175 Å². The number of nitrogens with zero attached hydrogens (tertiary/aromatic N) is 3. The Morgan fingerprint density at radius 2 is 1.80 bits per heavy atom. The fraction of sp³-hybridized carbons (Fsp3) is 0.429. The van der Waals surface area contributed by atoms with E-state index in [-0.39, 0.29) is 29.5 Å². The largest absolute Gasteiger partial charge is 0.364 e. The highest BCUT2D eigenvalue weighted by Gasteiger charge is 2.23. The number of aromatic nitrogens is 2. The molecule has 2 amide bonds. The van der Waals surface area contributed by atoms with Crippen molar-refractivity contribution < 1.29 is 9.59 Å². The highest BCUT2D eigenvalue weighted by molar-refractivity contribution is 5.97. The zero-order valence-corrected chi connectivity index (χ0v) is 16.8. The number of rotatable bonds is 6. The molecule has 1 aromatic heterocycles. The van der Waals surface area contributed by atoms with Gasteiger partial charge in [-0.25, -0.2) is 9.97 Å². The van der Waals surface area contributed by atoms with E-state index in [1.165, 1.54) is 6.20 Å². The number of primary amides is 1. The van der Waals surface area contributed by atoms with E-state index < -0.39 is 5.91 Å². The van der Waals surface area contributed by atoms with E-state index in [0.717, 1.165) is 45.2 Å². The molecule has 0 spiro atoms. The lowest BCUT2D eigenvalue weighted by Gasteiger charge is -2.30. The van der Waals surface area contributed by atoms with Crippen molar-refractivity contribution in [2.45, 2.75) is 44.2 Å². The summed E-state index contributed by atoms with van der Waals surface area (Å²) in [5.74, 6) is 0.157. The molecule has 0 bridgehead atoms. The lowest BCUT2D eigenvalue weighted by Crippen LogP contribution is -2.42. The van der Waals surface area contributed by atoms with Gasteiger partial charge in [0.05, 0.1) is 6.20 Å². The number of carbonyl (C=O) groups excluding carboxylic acids is 2. The molecular formula is C21H27N7O2. The Morgan fingerprint density at radius 1 is 1.07 bits per heavy atom. The number of amides is 2. The molecule has 2 aromatic rings. The zero-order chi connectivity index (χ0) is 21.1. The maximum absolute atomic E-state index is 12.3. The fourth-order valence-electron chi connectivity index (χ4n) is 3.79. The second-order valence-corrected chi connectivity index (χ2v) is 7.86. The van der Waals surface area contributed by atoms with E-state index in [2.05, 4.69) is 20.6 Å². The molecule has 0 unspecified atom stereocenters. The van der Waals surface area contributed by atoms with Crippen LogP contribution in [-0.2, 0) is 0 Å². The standard InChI is InChI=1S/C21H27N7O2/c22-15-4-1-2-5-16(15)26-17-12-24-18(19(23)29)20(27-17)25-14-8-6-13(7-9-14)21(30)28-10-3-11-28/h6-9,12,15-16H,1-5,10-11,22H2,(H2,23,29)(H2,25,26,27)/t15-,16+/m0/s1. The van der Waals surface area contributed by atoms with Gasteiger partial charge in [-0.1, -0.05) is 12.8 Å². The van der Waals surface area contributed by atoms with Crippen molar-refractivity contribution in [3.63, 3.8) is 0 Å². The molecular weight excluding hydrogens is 382 g/mol. The lowest BCUT2D eigenvalue weighted by atomic mass is 9.91. The van der Waals surface area contributed by atoms with Gasteiger partial charge in [-0.2, -0.15) is 0 Å². The summed E-state index contributed by atoms with van der Waals surface area (Å²) >= 11 is 0. The Balaban J connectivity index is 1.51. The second-order valence-electron chi connectivity index (χ2n) is 7.86. The third-order valence-corrected chi connectivity index (χ3v) is 5.70. The van der Waals surface area contributed by atoms with Crippen LogP contribution in [-0.4, -0.2) is 51.9 Å². The first-order chi connectivity index (χ1) is 14.5. The van der Waals surface area contributed by atoms with Gasteiger partial charge in [0.15, 0.2) is 11.5 Å². The summed E-state index contributed by atoms with van der Waals surface area (Å²) in [4.78, 5) is 34.6. The van der Waals surface area contributed by atoms with Gasteiger partial charge in [-0.3, -0.25) is 9.59 Å². The zero-order valence-electron chi connectivity index (χ0n) is 16.8. The number of likely N-dealkylation sites (tertiary alicyclic amines) is 1. The monoisotopic (exact) mass is 409 g/mol. The Kier molecular flexibility index (Phi) is 5.80. The summed E-state index contributed by atoms with van der Waals surface area (Å²) in [5, 5.41) is 6.43. The number of carbonyl (C=O) groups is 2. The van der Waals surface area contributed by atoms with Gasteiger partial charge >= 0.3 is 0 Å². The second kappa shape index (κ2) is 8.66. The minimum Gasteiger partial charge on any atom is -0.364 e. The average Bonchev–Trinajstić information content (AvgIpc) is 2.69. The molecule has 9 nitrogen and oxygen atoms in total. The number of anilines is 3. The molecule has 1 aromatic carbocycles. The fourth-order valence-corrected chi connectivity index (χ4v) is 3.79. The summed E-state index contributed by atoms with van der Waals surface area (Å²) in [6, 6.07) is 7.23. The van der Waals surface area contributed by atoms with Crippen LogP contribution in [0, 0.1) is 0 Å². The molecule has 2 heterocycles. The molecule has 9 heteroatoms. The molecule has 2 atom stereocenters. The van der Waals surface area contributed by atoms with Crippen LogP contribution in [0.15, 0.2) is 30.5 Å². The maximum Gasteiger partial charge on any atom is 0.271 e. The molecule has 2 aliphatic rings. The molecule has 1 saturated heterocycles. The Bertz CT molecular complexity index is 927. The Morgan fingerprint density at radius 3 is 2.43 bits per heavy atom. The predicted octanol–water partition coefficient (Wildman–Crippen LogP) is 1.85. The third-order valence-electron chi connectivity index (χ3n) is 5.70. The van der Waals surface area contributed by atoms with Gasteiger partial charge in [0.1, 0.15) is 5.82 Å². The molecule has 1 saturated carbocycles. The van der Waals surface area contributed by atoms with Crippen molar-refractivity contribution in [3.8, 4) is 0 Å². The van der Waals surface area contributed by atoms with Crippen molar-refractivity contribution >= 4 is 29.1 Å². The quantitative estimate of drug-likeness (QED) is 0.571. The average molecular weight is 409 g/mol. The highest BCUT2D eigenvalue weighted by Crippen LogP contribution is 2.24. The molecule has 158 valence electrons. The Hall–Kier alpha value is -3.20. The van der Waals surface area contributed by atoms with E-state index in [0.29, 0.717) is 17.1 Å². The number of nitrogens with two attached hydrogens (primary N) is 2. The minimum absolute atomic E-state index is 0.0282. The summed E-state index contributed by atoms with van der Waals surface area (Å²) in [5.41, 5.74) is 13.0. The van der Waals surface area contributed by atoms with Crippen LogP contribution in [0.3, 0.4) is 0 Å². The molecule has 30 heavy (non-hydrogen) atoms. The molecule has 4 rings (SSSR count). The van der Waals surface area contributed by atoms with Crippen LogP contribution in [0.25, 0.3) is 0 Å². The molecule has 2 fully saturated rings. The first-order valence-corrected chi connectivity index (χ1v) is 10.4. The first kappa shape index (κ1) is 20.1. The maximum atomic E-state index is 12.3. The van der Waals surface area contributed by atoms with E-state index >= 15 is 0 Å². The molecule has 1 aliphatic carbocycles.